The molecule has 1 atom stereocenters. The Labute approximate surface area is 103 Å². The highest BCUT2D eigenvalue weighted by Gasteiger charge is 2.13. The Hall–Kier alpha value is -1.59. The minimum Gasteiger partial charge on any atom is -0.370 e. The standard InChI is InChI=1S/C9H18N4O2.C2H6/c1-6(14)8(13-7(2)15)4-3-5-12-9(10)11;1-2/h8H,3-5H2,1-2H3,(H,13,15)(H4,10,11,12);1-2H3. The molecule has 100 valence electrons. The number of Topliss-reactive ketones (excluding diaryl/α,β-unsaturated/α-hetero) is 1. The van der Waals surface area contributed by atoms with Crippen molar-refractivity contribution < 1.29 is 9.59 Å². The third kappa shape index (κ3) is 12.3. The molecular formula is C11H24N4O2. The first-order valence-corrected chi connectivity index (χ1v) is 5.76. The molecule has 0 aromatic heterocycles. The van der Waals surface area contributed by atoms with Gasteiger partial charge in [0.15, 0.2) is 11.7 Å². The van der Waals surface area contributed by atoms with Crippen LogP contribution in [-0.4, -0.2) is 30.2 Å². The van der Waals surface area contributed by atoms with Crippen LogP contribution in [0.25, 0.3) is 0 Å². The molecule has 1 unspecified atom stereocenters. The monoisotopic (exact) mass is 244 g/mol. The van der Waals surface area contributed by atoms with Gasteiger partial charge in [0.25, 0.3) is 0 Å². The van der Waals surface area contributed by atoms with Gasteiger partial charge in [-0.3, -0.25) is 14.6 Å². The zero-order valence-electron chi connectivity index (χ0n) is 11.1. The Bertz CT molecular complexity index is 260. The maximum atomic E-state index is 11.1. The van der Waals surface area contributed by atoms with E-state index in [2.05, 4.69) is 10.3 Å². The van der Waals surface area contributed by atoms with Crippen LogP contribution in [0.2, 0.25) is 0 Å². The van der Waals surface area contributed by atoms with Gasteiger partial charge in [-0.05, 0) is 19.8 Å². The molecule has 0 saturated carbocycles. The second-order valence-electron chi connectivity index (χ2n) is 3.31. The Balaban J connectivity index is 0. The molecule has 0 aromatic rings. The fourth-order valence-electron chi connectivity index (χ4n) is 1.13. The maximum Gasteiger partial charge on any atom is 0.217 e. The average molecular weight is 244 g/mol. The highest BCUT2D eigenvalue weighted by atomic mass is 16.2. The number of hydrogen-bond acceptors (Lipinski definition) is 3. The van der Waals surface area contributed by atoms with Crippen LogP contribution in [0.3, 0.4) is 0 Å². The summed E-state index contributed by atoms with van der Waals surface area (Å²) in [4.78, 5) is 25.7. The summed E-state index contributed by atoms with van der Waals surface area (Å²) in [7, 11) is 0. The lowest BCUT2D eigenvalue weighted by Crippen LogP contribution is -2.38. The molecule has 0 bridgehead atoms. The molecule has 0 fully saturated rings. The van der Waals surface area contributed by atoms with Crippen LogP contribution >= 0.6 is 0 Å². The Morgan fingerprint density at radius 1 is 1.24 bits per heavy atom. The van der Waals surface area contributed by atoms with Crippen LogP contribution < -0.4 is 16.8 Å². The van der Waals surface area contributed by atoms with Gasteiger partial charge in [0, 0.05) is 13.5 Å². The molecule has 17 heavy (non-hydrogen) atoms. The molecule has 0 aromatic carbocycles. The third-order valence-electron chi connectivity index (χ3n) is 1.81. The van der Waals surface area contributed by atoms with Gasteiger partial charge in [0.1, 0.15) is 0 Å². The lowest BCUT2D eigenvalue weighted by molar-refractivity contribution is -0.125. The molecule has 0 saturated heterocycles. The fourth-order valence-corrected chi connectivity index (χ4v) is 1.13. The number of carbonyl (C=O) groups is 2. The van der Waals surface area contributed by atoms with Gasteiger partial charge in [0.05, 0.1) is 6.04 Å². The van der Waals surface area contributed by atoms with Crippen molar-refractivity contribution in [1.82, 2.24) is 5.32 Å². The quantitative estimate of drug-likeness (QED) is 0.351. The third-order valence-corrected chi connectivity index (χ3v) is 1.81. The molecule has 6 heteroatoms. The first-order valence-electron chi connectivity index (χ1n) is 5.76. The highest BCUT2D eigenvalue weighted by Crippen LogP contribution is 1.99. The zero-order valence-corrected chi connectivity index (χ0v) is 11.1. The van der Waals surface area contributed by atoms with Gasteiger partial charge in [-0.25, -0.2) is 0 Å². The van der Waals surface area contributed by atoms with E-state index in [9.17, 15) is 9.59 Å². The van der Waals surface area contributed by atoms with E-state index in [0.29, 0.717) is 19.4 Å². The summed E-state index contributed by atoms with van der Waals surface area (Å²) in [6.07, 6.45) is 1.20. The van der Waals surface area contributed by atoms with Crippen molar-refractivity contribution in [2.75, 3.05) is 6.54 Å². The summed E-state index contributed by atoms with van der Waals surface area (Å²) in [5, 5.41) is 2.57. The predicted molar refractivity (Wildman–Crippen MR) is 69.5 cm³/mol. The van der Waals surface area contributed by atoms with E-state index in [1.165, 1.54) is 13.8 Å². The largest absolute Gasteiger partial charge is 0.370 e. The summed E-state index contributed by atoms with van der Waals surface area (Å²) < 4.78 is 0. The van der Waals surface area contributed by atoms with Crippen molar-refractivity contribution in [3.05, 3.63) is 0 Å². The fraction of sp³-hybridized carbons (Fsp3) is 0.727. The first-order chi connectivity index (χ1) is 7.93. The summed E-state index contributed by atoms with van der Waals surface area (Å²) >= 11 is 0. The van der Waals surface area contributed by atoms with Crippen LogP contribution in [0, 0.1) is 0 Å². The van der Waals surface area contributed by atoms with Gasteiger partial charge in [-0.2, -0.15) is 0 Å². The molecule has 1 amide bonds. The number of aliphatic imine (C=N–C) groups is 1. The summed E-state index contributed by atoms with van der Waals surface area (Å²) in [6, 6.07) is -0.434. The van der Waals surface area contributed by atoms with Gasteiger partial charge >= 0.3 is 0 Å². The molecule has 0 aliphatic heterocycles. The topological polar surface area (TPSA) is 111 Å². The van der Waals surface area contributed by atoms with Crippen LogP contribution in [-0.2, 0) is 9.59 Å². The van der Waals surface area contributed by atoms with E-state index in [0.717, 1.165) is 0 Å². The molecule has 6 nitrogen and oxygen atoms in total. The van der Waals surface area contributed by atoms with E-state index in [1.54, 1.807) is 0 Å². The number of rotatable bonds is 6. The van der Waals surface area contributed by atoms with Crippen molar-refractivity contribution in [2.45, 2.75) is 46.6 Å². The highest BCUT2D eigenvalue weighted by molar-refractivity contribution is 5.86. The normalized spacial score (nSPS) is 10.6. The van der Waals surface area contributed by atoms with E-state index in [-0.39, 0.29) is 17.6 Å². The van der Waals surface area contributed by atoms with Crippen LogP contribution in [0.5, 0.6) is 0 Å². The van der Waals surface area contributed by atoms with Crippen molar-refractivity contribution in [2.24, 2.45) is 16.5 Å². The Kier molecular flexibility index (Phi) is 11.4. The second-order valence-corrected chi connectivity index (χ2v) is 3.31. The lowest BCUT2D eigenvalue weighted by Gasteiger charge is -2.13. The van der Waals surface area contributed by atoms with Crippen molar-refractivity contribution in [1.29, 1.82) is 0 Å². The first kappa shape index (κ1) is 17.8. The summed E-state index contributed by atoms with van der Waals surface area (Å²) in [5.74, 6) is -0.235. The van der Waals surface area contributed by atoms with Crippen LogP contribution in [0.15, 0.2) is 4.99 Å². The SMILES string of the molecule is CC.CC(=O)NC(CCCN=C(N)N)C(C)=O. The number of nitrogens with two attached hydrogens (primary N) is 2. The molecule has 0 spiro atoms. The average Bonchev–Trinajstić information content (AvgIpc) is 2.24. The number of carbonyl (C=O) groups excluding carboxylic acids is 2. The summed E-state index contributed by atoms with van der Waals surface area (Å²) in [6.45, 7) is 7.29. The number of nitrogens with one attached hydrogen (secondary N) is 1. The Morgan fingerprint density at radius 2 is 1.76 bits per heavy atom. The van der Waals surface area contributed by atoms with Gasteiger partial charge in [-0.1, -0.05) is 13.8 Å². The Morgan fingerprint density at radius 3 is 2.12 bits per heavy atom. The van der Waals surface area contributed by atoms with Crippen molar-refractivity contribution in [3.63, 3.8) is 0 Å². The number of guanidine groups is 1. The smallest absolute Gasteiger partial charge is 0.217 e. The van der Waals surface area contributed by atoms with Crippen LogP contribution in [0.1, 0.15) is 40.5 Å². The number of ketones is 1. The maximum absolute atomic E-state index is 11.1. The summed E-state index contributed by atoms with van der Waals surface area (Å²) in [5.41, 5.74) is 10.3. The van der Waals surface area contributed by atoms with E-state index >= 15 is 0 Å². The van der Waals surface area contributed by atoms with Gasteiger partial charge < -0.3 is 16.8 Å². The molecule has 0 aliphatic rings. The minimum absolute atomic E-state index is 0.0360. The number of nitrogens with zero attached hydrogens (tertiary/aromatic N) is 1. The van der Waals surface area contributed by atoms with Gasteiger partial charge in [0.2, 0.25) is 5.91 Å². The van der Waals surface area contributed by atoms with Crippen molar-refractivity contribution in [3.8, 4) is 0 Å². The van der Waals surface area contributed by atoms with Crippen LogP contribution in [0.4, 0.5) is 0 Å². The molecule has 5 N–H and O–H groups in total. The van der Waals surface area contributed by atoms with E-state index in [4.69, 9.17) is 11.5 Å². The number of amides is 1. The van der Waals surface area contributed by atoms with Crippen molar-refractivity contribution >= 4 is 17.6 Å². The molecule has 0 aliphatic carbocycles. The second kappa shape index (κ2) is 10.9. The molecule has 0 rings (SSSR count). The molecule has 0 heterocycles. The molecule has 0 radical (unpaired) electrons. The molecular weight excluding hydrogens is 220 g/mol. The predicted octanol–water partition coefficient (Wildman–Crippen LogP) is 0.160. The van der Waals surface area contributed by atoms with E-state index < -0.39 is 6.04 Å². The van der Waals surface area contributed by atoms with Gasteiger partial charge in [-0.15, -0.1) is 0 Å². The minimum atomic E-state index is -0.434. The lowest BCUT2D eigenvalue weighted by atomic mass is 10.1. The van der Waals surface area contributed by atoms with E-state index in [1.807, 2.05) is 13.8 Å². The number of hydrogen-bond donors (Lipinski definition) is 3. The zero-order chi connectivity index (χ0) is 13.8.